The highest BCUT2D eigenvalue weighted by molar-refractivity contribution is 7.91. The number of pyridine rings is 1. The van der Waals surface area contributed by atoms with E-state index in [2.05, 4.69) is 4.98 Å². The quantitative estimate of drug-likeness (QED) is 0.785. The Hall–Kier alpha value is -1.83. The van der Waals surface area contributed by atoms with E-state index in [0.717, 1.165) is 0 Å². The average molecular weight is 285 g/mol. The molecule has 0 amide bonds. The van der Waals surface area contributed by atoms with Crippen molar-refractivity contribution in [2.24, 2.45) is 0 Å². The molecule has 2 rings (SSSR count). The first-order valence-corrected chi connectivity index (χ1v) is 7.65. The Morgan fingerprint density at radius 1 is 1.37 bits per heavy atom. The molecule has 7 nitrogen and oxygen atoms in total. The summed E-state index contributed by atoms with van der Waals surface area (Å²) in [6, 6.07) is 1.38. The van der Waals surface area contributed by atoms with E-state index in [1.165, 1.54) is 12.3 Å². The van der Waals surface area contributed by atoms with Crippen molar-refractivity contribution < 1.29 is 18.3 Å². The first-order chi connectivity index (χ1) is 8.89. The molecule has 1 saturated heterocycles. The highest BCUT2D eigenvalue weighted by Gasteiger charge is 2.21. The Morgan fingerprint density at radius 3 is 2.79 bits per heavy atom. The smallest absolute Gasteiger partial charge is 0.337 e. The molecule has 0 aliphatic carbocycles. The second kappa shape index (κ2) is 5.04. The van der Waals surface area contributed by atoms with Gasteiger partial charge in [-0.05, 0) is 12.5 Å². The third kappa shape index (κ3) is 3.14. The lowest BCUT2D eigenvalue weighted by Crippen LogP contribution is -2.28. The number of nitrogens with zero attached hydrogens (tertiary/aromatic N) is 2. The first kappa shape index (κ1) is 13.6. The largest absolute Gasteiger partial charge is 0.478 e. The van der Waals surface area contributed by atoms with Gasteiger partial charge in [0.1, 0.15) is 5.82 Å². The average Bonchev–Trinajstić information content (AvgIpc) is 2.51. The SMILES string of the molecule is Nc1cnc(N2CCCS(=O)(=O)CC2)cc1C(=O)O. The third-order valence-electron chi connectivity index (χ3n) is 3.03. The lowest BCUT2D eigenvalue weighted by Gasteiger charge is -2.21. The minimum Gasteiger partial charge on any atom is -0.478 e. The van der Waals surface area contributed by atoms with Crippen LogP contribution in [0.15, 0.2) is 12.3 Å². The van der Waals surface area contributed by atoms with E-state index in [-0.39, 0.29) is 22.8 Å². The number of nitrogen functional groups attached to an aromatic ring is 1. The summed E-state index contributed by atoms with van der Waals surface area (Å²) in [4.78, 5) is 16.9. The molecule has 3 N–H and O–H groups in total. The second-order valence-corrected chi connectivity index (χ2v) is 6.73. The van der Waals surface area contributed by atoms with Gasteiger partial charge in [-0.15, -0.1) is 0 Å². The maximum Gasteiger partial charge on any atom is 0.337 e. The summed E-state index contributed by atoms with van der Waals surface area (Å²) < 4.78 is 23.0. The van der Waals surface area contributed by atoms with Crippen LogP contribution in [0.25, 0.3) is 0 Å². The van der Waals surface area contributed by atoms with Crippen LogP contribution < -0.4 is 10.6 Å². The number of carbonyl (C=O) groups is 1. The summed E-state index contributed by atoms with van der Waals surface area (Å²) in [6.45, 7) is 0.855. The monoisotopic (exact) mass is 285 g/mol. The molecular weight excluding hydrogens is 270 g/mol. The number of hydrogen-bond acceptors (Lipinski definition) is 6. The summed E-state index contributed by atoms with van der Waals surface area (Å²) in [5.41, 5.74) is 5.62. The molecule has 1 aliphatic heterocycles. The summed E-state index contributed by atoms with van der Waals surface area (Å²) in [5.74, 6) is -0.460. The fraction of sp³-hybridized carbons (Fsp3) is 0.455. The molecule has 0 spiro atoms. The van der Waals surface area contributed by atoms with E-state index >= 15 is 0 Å². The van der Waals surface area contributed by atoms with Crippen molar-refractivity contribution in [1.82, 2.24) is 4.98 Å². The summed E-state index contributed by atoms with van der Waals surface area (Å²) in [7, 11) is -3.01. The van der Waals surface area contributed by atoms with Crippen LogP contribution in [0.5, 0.6) is 0 Å². The number of anilines is 2. The number of nitrogens with two attached hydrogens (primary N) is 1. The first-order valence-electron chi connectivity index (χ1n) is 5.83. The Kier molecular flexibility index (Phi) is 3.61. The van der Waals surface area contributed by atoms with Gasteiger partial charge in [0.15, 0.2) is 9.84 Å². The van der Waals surface area contributed by atoms with Crippen molar-refractivity contribution in [1.29, 1.82) is 0 Å². The zero-order chi connectivity index (χ0) is 14.0. The molecule has 0 aromatic carbocycles. The Labute approximate surface area is 111 Å². The topological polar surface area (TPSA) is 114 Å². The van der Waals surface area contributed by atoms with E-state index in [4.69, 9.17) is 10.8 Å². The van der Waals surface area contributed by atoms with Gasteiger partial charge in [0, 0.05) is 13.1 Å². The van der Waals surface area contributed by atoms with E-state index in [1.54, 1.807) is 4.90 Å². The van der Waals surface area contributed by atoms with Gasteiger partial charge in [-0.3, -0.25) is 0 Å². The highest BCUT2D eigenvalue weighted by Crippen LogP contribution is 2.20. The molecule has 19 heavy (non-hydrogen) atoms. The minimum absolute atomic E-state index is 0.0166. The van der Waals surface area contributed by atoms with Gasteiger partial charge in [0.25, 0.3) is 0 Å². The van der Waals surface area contributed by atoms with Gasteiger partial charge in [-0.2, -0.15) is 0 Å². The zero-order valence-electron chi connectivity index (χ0n) is 10.2. The molecule has 1 aliphatic rings. The van der Waals surface area contributed by atoms with Crippen molar-refractivity contribution in [2.75, 3.05) is 35.2 Å². The molecule has 1 fully saturated rings. The summed E-state index contributed by atoms with van der Waals surface area (Å²) in [6.07, 6.45) is 1.80. The predicted octanol–water partition coefficient (Wildman–Crippen LogP) is -0.0131. The molecule has 8 heteroatoms. The predicted molar refractivity (Wildman–Crippen MR) is 71.1 cm³/mol. The molecule has 1 aromatic rings. The zero-order valence-corrected chi connectivity index (χ0v) is 11.1. The second-order valence-electron chi connectivity index (χ2n) is 4.43. The van der Waals surface area contributed by atoms with E-state index in [0.29, 0.717) is 25.3 Å². The van der Waals surface area contributed by atoms with Crippen LogP contribution in [0.3, 0.4) is 0 Å². The molecule has 0 bridgehead atoms. The number of sulfone groups is 1. The number of hydrogen-bond donors (Lipinski definition) is 2. The van der Waals surface area contributed by atoms with E-state index in [1.807, 2.05) is 0 Å². The van der Waals surface area contributed by atoms with Gasteiger partial charge in [-0.1, -0.05) is 0 Å². The highest BCUT2D eigenvalue weighted by atomic mass is 32.2. The Bertz CT molecular complexity index is 600. The molecule has 0 saturated carbocycles. The van der Waals surface area contributed by atoms with Crippen molar-refractivity contribution in [2.45, 2.75) is 6.42 Å². The minimum atomic E-state index is -3.01. The lowest BCUT2D eigenvalue weighted by atomic mass is 10.2. The van der Waals surface area contributed by atoms with Gasteiger partial charge in [0.05, 0.1) is 29.0 Å². The van der Waals surface area contributed by atoms with E-state index in [9.17, 15) is 13.2 Å². The Morgan fingerprint density at radius 2 is 2.11 bits per heavy atom. The summed E-state index contributed by atoms with van der Waals surface area (Å²) in [5, 5.41) is 9.00. The van der Waals surface area contributed by atoms with Crippen LogP contribution in [0.4, 0.5) is 11.5 Å². The number of aromatic nitrogens is 1. The van der Waals surface area contributed by atoms with Crippen LogP contribution in [-0.4, -0.2) is 49.1 Å². The maximum atomic E-state index is 11.5. The maximum absolute atomic E-state index is 11.5. The van der Waals surface area contributed by atoms with Crippen molar-refractivity contribution >= 4 is 27.3 Å². The number of carboxylic acids is 1. The fourth-order valence-corrected chi connectivity index (χ4v) is 3.25. The van der Waals surface area contributed by atoms with Crippen molar-refractivity contribution in [3.8, 4) is 0 Å². The normalized spacial score (nSPS) is 18.8. The van der Waals surface area contributed by atoms with Crippen LogP contribution in [0, 0.1) is 0 Å². The van der Waals surface area contributed by atoms with Crippen LogP contribution in [0.2, 0.25) is 0 Å². The molecule has 2 heterocycles. The molecule has 104 valence electrons. The van der Waals surface area contributed by atoms with Gasteiger partial charge < -0.3 is 15.7 Å². The molecule has 0 atom stereocenters. The summed E-state index contributed by atoms with van der Waals surface area (Å²) >= 11 is 0. The van der Waals surface area contributed by atoms with Crippen LogP contribution in [-0.2, 0) is 9.84 Å². The molecule has 0 unspecified atom stereocenters. The molecule has 0 radical (unpaired) electrons. The standard InChI is InChI=1S/C11H15N3O4S/c12-9-7-13-10(6-8(9)11(15)16)14-2-1-4-19(17,18)5-3-14/h6-7H,1-5,12H2,(H,15,16). The van der Waals surface area contributed by atoms with Crippen molar-refractivity contribution in [3.63, 3.8) is 0 Å². The Balaban J connectivity index is 2.27. The fourth-order valence-electron chi connectivity index (χ4n) is 1.98. The van der Waals surface area contributed by atoms with Gasteiger partial charge >= 0.3 is 5.97 Å². The molecule has 1 aromatic heterocycles. The van der Waals surface area contributed by atoms with Crippen LogP contribution in [0.1, 0.15) is 16.8 Å². The van der Waals surface area contributed by atoms with Crippen LogP contribution >= 0.6 is 0 Å². The number of carboxylic acid groups (broad SMARTS) is 1. The van der Waals surface area contributed by atoms with Crippen molar-refractivity contribution in [3.05, 3.63) is 17.8 Å². The van der Waals surface area contributed by atoms with Gasteiger partial charge in [0.2, 0.25) is 0 Å². The lowest BCUT2D eigenvalue weighted by molar-refractivity contribution is 0.0698. The van der Waals surface area contributed by atoms with E-state index < -0.39 is 15.8 Å². The van der Waals surface area contributed by atoms with Gasteiger partial charge in [-0.25, -0.2) is 18.2 Å². The number of rotatable bonds is 2. The number of aromatic carboxylic acids is 1. The molecular formula is C11H15N3O4S. The third-order valence-corrected chi connectivity index (χ3v) is 4.75.